The van der Waals surface area contributed by atoms with E-state index in [0.29, 0.717) is 41.2 Å². The minimum atomic E-state index is 0.386. The molecule has 0 bridgehead atoms. The van der Waals surface area contributed by atoms with Crippen LogP contribution in [0, 0.1) is 0 Å². The molecular formula is C36H50N-. The lowest BCUT2D eigenvalue weighted by Gasteiger charge is -2.29. The van der Waals surface area contributed by atoms with Crippen LogP contribution in [0.3, 0.4) is 0 Å². The molecule has 0 aromatic heterocycles. The summed E-state index contributed by atoms with van der Waals surface area (Å²) in [7, 11) is 0. The summed E-state index contributed by atoms with van der Waals surface area (Å²) in [5.41, 5.74) is 23.2. The summed E-state index contributed by atoms with van der Waals surface area (Å²) in [6.07, 6.45) is 0. The fourth-order valence-electron chi connectivity index (χ4n) is 5.50. The Morgan fingerprint density at radius 2 is 0.703 bits per heavy atom. The van der Waals surface area contributed by atoms with Crippen LogP contribution in [0.4, 0.5) is 5.69 Å². The summed E-state index contributed by atoms with van der Waals surface area (Å²) in [5.74, 6) is 2.50. The Balaban J connectivity index is 2.44. The first-order chi connectivity index (χ1) is 17.3. The van der Waals surface area contributed by atoms with Gasteiger partial charge in [-0.1, -0.05) is 126 Å². The van der Waals surface area contributed by atoms with Gasteiger partial charge in [0, 0.05) is 0 Å². The number of benzene rings is 3. The molecule has 0 spiro atoms. The van der Waals surface area contributed by atoms with Crippen molar-refractivity contribution < 1.29 is 0 Å². The highest BCUT2D eigenvalue weighted by Gasteiger charge is 2.22. The van der Waals surface area contributed by atoms with Crippen LogP contribution in [0.25, 0.3) is 28.0 Å². The quantitative estimate of drug-likeness (QED) is 0.296. The van der Waals surface area contributed by atoms with Gasteiger partial charge >= 0.3 is 0 Å². The molecule has 3 aromatic rings. The van der Waals surface area contributed by atoms with Crippen molar-refractivity contribution in [1.29, 1.82) is 0 Å². The van der Waals surface area contributed by atoms with Crippen LogP contribution >= 0.6 is 0 Å². The van der Waals surface area contributed by atoms with E-state index in [4.69, 9.17) is 0 Å². The van der Waals surface area contributed by atoms with E-state index in [1.165, 1.54) is 44.5 Å². The largest absolute Gasteiger partial charge is 0.698 e. The van der Waals surface area contributed by atoms with E-state index in [2.05, 4.69) is 126 Å². The van der Waals surface area contributed by atoms with Gasteiger partial charge < -0.3 is 5.73 Å². The van der Waals surface area contributed by atoms with E-state index in [0.717, 1.165) is 11.1 Å². The Morgan fingerprint density at radius 3 is 0.919 bits per heavy atom. The van der Waals surface area contributed by atoms with E-state index in [1.54, 1.807) is 0 Å². The van der Waals surface area contributed by atoms with Crippen LogP contribution in [-0.2, 0) is 0 Å². The standard InChI is InChI=1S/C36H50N/c1-20(2)26-16-30(22(5)6)34(31(17-26)23(7)8)28-14-13-15-29(36(28)37)35-32(24(9)10)18-27(21(3)4)19-33(35)25(11)12/h13-25,37H,1-12H3/q-1. The van der Waals surface area contributed by atoms with Crippen LogP contribution in [0.5, 0.6) is 0 Å². The van der Waals surface area contributed by atoms with E-state index in [1.807, 2.05) is 0 Å². The van der Waals surface area contributed by atoms with Crippen LogP contribution in [-0.4, -0.2) is 0 Å². The molecule has 1 N–H and O–H groups in total. The summed E-state index contributed by atoms with van der Waals surface area (Å²) >= 11 is 0. The fourth-order valence-corrected chi connectivity index (χ4v) is 5.50. The van der Waals surface area contributed by atoms with Gasteiger partial charge in [0.05, 0.1) is 0 Å². The second-order valence-corrected chi connectivity index (χ2v) is 12.8. The smallest absolute Gasteiger partial charge is 0.0127 e. The molecule has 0 heterocycles. The zero-order valence-corrected chi connectivity index (χ0v) is 25.5. The summed E-state index contributed by atoms with van der Waals surface area (Å²) in [5, 5.41) is 0. The monoisotopic (exact) mass is 496 g/mol. The van der Waals surface area contributed by atoms with Crippen LogP contribution in [0.2, 0.25) is 0 Å². The van der Waals surface area contributed by atoms with Crippen molar-refractivity contribution in [2.45, 2.75) is 119 Å². The topological polar surface area (TPSA) is 23.8 Å². The van der Waals surface area contributed by atoms with Gasteiger partial charge in [0.2, 0.25) is 0 Å². The normalized spacial score (nSPS) is 12.3. The van der Waals surface area contributed by atoms with Crippen molar-refractivity contribution in [3.63, 3.8) is 0 Å². The first-order valence-electron chi connectivity index (χ1n) is 14.5. The third-order valence-corrected chi connectivity index (χ3v) is 7.87. The number of rotatable bonds is 8. The summed E-state index contributed by atoms with van der Waals surface area (Å²) in [6.45, 7) is 27.4. The molecule has 1 heteroatoms. The van der Waals surface area contributed by atoms with Crippen molar-refractivity contribution in [3.05, 3.63) is 81.6 Å². The molecule has 200 valence electrons. The van der Waals surface area contributed by atoms with E-state index >= 15 is 0 Å². The highest BCUT2D eigenvalue weighted by atomic mass is 14.6. The minimum absolute atomic E-state index is 0.386. The van der Waals surface area contributed by atoms with Gasteiger partial charge in [-0.15, -0.1) is 5.69 Å². The first kappa shape index (κ1) is 29.0. The predicted octanol–water partition coefficient (Wildman–Crippen LogP) is 12.4. The average molecular weight is 497 g/mol. The molecule has 0 aliphatic rings. The maximum absolute atomic E-state index is 9.65. The van der Waals surface area contributed by atoms with E-state index < -0.39 is 0 Å². The molecular weight excluding hydrogens is 446 g/mol. The van der Waals surface area contributed by atoms with Crippen molar-refractivity contribution in [1.82, 2.24) is 0 Å². The molecule has 37 heavy (non-hydrogen) atoms. The molecule has 0 saturated heterocycles. The van der Waals surface area contributed by atoms with Crippen molar-refractivity contribution in [3.8, 4) is 22.3 Å². The molecule has 0 saturated carbocycles. The molecule has 0 atom stereocenters. The third kappa shape index (κ3) is 5.82. The number of hydrogen-bond acceptors (Lipinski definition) is 0. The predicted molar refractivity (Wildman–Crippen MR) is 166 cm³/mol. The van der Waals surface area contributed by atoms with Crippen molar-refractivity contribution >= 4 is 5.69 Å². The lowest BCUT2D eigenvalue weighted by molar-refractivity contribution is 0.807. The van der Waals surface area contributed by atoms with Gasteiger partial charge in [-0.2, -0.15) is 0 Å². The Morgan fingerprint density at radius 1 is 0.432 bits per heavy atom. The Labute approximate surface area is 227 Å². The first-order valence-corrected chi connectivity index (χ1v) is 14.5. The zero-order valence-electron chi connectivity index (χ0n) is 25.5. The SMILES string of the molecule is CC(C)c1cc(C(C)C)c(-c2cccc(-c3c(C(C)C)cc(C(C)C)cc3C(C)C)c2[NH-])c(C(C)C)c1. The van der Waals surface area contributed by atoms with Gasteiger partial charge in [-0.05, 0) is 91.1 Å². The molecule has 0 unspecified atom stereocenters. The Bertz CT molecular complexity index is 1090. The van der Waals surface area contributed by atoms with Gasteiger partial charge in [0.1, 0.15) is 0 Å². The van der Waals surface area contributed by atoms with Gasteiger partial charge in [0.15, 0.2) is 0 Å². The molecule has 0 aliphatic heterocycles. The van der Waals surface area contributed by atoms with Gasteiger partial charge in [-0.3, -0.25) is 0 Å². The number of nitrogens with one attached hydrogen (secondary N) is 1. The van der Waals surface area contributed by atoms with Gasteiger partial charge in [0.25, 0.3) is 0 Å². The lowest BCUT2D eigenvalue weighted by atomic mass is 9.78. The van der Waals surface area contributed by atoms with E-state index in [-0.39, 0.29) is 0 Å². The van der Waals surface area contributed by atoms with Crippen LogP contribution in [0.15, 0.2) is 42.5 Å². The molecule has 0 amide bonds. The summed E-state index contributed by atoms with van der Waals surface area (Å²) < 4.78 is 0. The second kappa shape index (κ2) is 11.5. The minimum Gasteiger partial charge on any atom is -0.698 e. The maximum atomic E-state index is 9.65. The van der Waals surface area contributed by atoms with Crippen molar-refractivity contribution in [2.75, 3.05) is 0 Å². The second-order valence-electron chi connectivity index (χ2n) is 12.8. The molecule has 0 fully saturated rings. The van der Waals surface area contributed by atoms with Crippen LogP contribution in [0.1, 0.15) is 152 Å². The molecule has 3 rings (SSSR count). The highest BCUT2D eigenvalue weighted by molar-refractivity contribution is 5.94. The number of hydrogen-bond donors (Lipinski definition) is 0. The molecule has 3 aromatic carbocycles. The summed E-state index contributed by atoms with van der Waals surface area (Å²) in [6, 6.07) is 16.1. The third-order valence-electron chi connectivity index (χ3n) is 7.87. The fraction of sp³-hybridized carbons (Fsp3) is 0.500. The average Bonchev–Trinajstić information content (AvgIpc) is 2.82. The van der Waals surface area contributed by atoms with Crippen molar-refractivity contribution in [2.24, 2.45) is 0 Å². The molecule has 0 radical (unpaired) electrons. The maximum Gasteiger partial charge on any atom is -0.0127 e. The summed E-state index contributed by atoms with van der Waals surface area (Å²) in [4.78, 5) is 0. The van der Waals surface area contributed by atoms with Crippen LogP contribution < -0.4 is 0 Å². The highest BCUT2D eigenvalue weighted by Crippen LogP contribution is 2.48. The molecule has 0 aliphatic carbocycles. The zero-order chi connectivity index (χ0) is 27.8. The Hall–Kier alpha value is -2.54. The van der Waals surface area contributed by atoms with Gasteiger partial charge in [-0.25, -0.2) is 0 Å². The van der Waals surface area contributed by atoms with E-state index in [9.17, 15) is 5.73 Å². The lowest BCUT2D eigenvalue weighted by Crippen LogP contribution is -2.05. The Kier molecular flexibility index (Phi) is 8.99. The molecule has 1 nitrogen and oxygen atoms in total.